The Labute approximate surface area is 175 Å². The molecule has 30 heavy (non-hydrogen) atoms. The zero-order valence-electron chi connectivity index (χ0n) is 16.6. The second-order valence-corrected chi connectivity index (χ2v) is 7.13. The summed E-state index contributed by atoms with van der Waals surface area (Å²) in [6.45, 7) is 3.83. The van der Waals surface area contributed by atoms with Crippen molar-refractivity contribution in [3.63, 3.8) is 0 Å². The van der Waals surface area contributed by atoms with Crippen molar-refractivity contribution in [1.82, 2.24) is 9.80 Å². The standard InChI is InChI=1S/C21H26N6O3/c22-24-13-17-7-4-8-18(20(17)29)27(23)21(30)19(28)15-26-11-9-25(10-12-26)14-16-5-2-1-3-6-16/h1-8,13,29H,9-12,14-15,22-23H2. The molecule has 3 rings (SSSR count). The van der Waals surface area contributed by atoms with Gasteiger partial charge in [-0.05, 0) is 17.7 Å². The van der Waals surface area contributed by atoms with E-state index >= 15 is 0 Å². The molecular weight excluding hydrogens is 384 g/mol. The number of anilines is 1. The summed E-state index contributed by atoms with van der Waals surface area (Å²) < 4.78 is 0. The van der Waals surface area contributed by atoms with Gasteiger partial charge in [0, 0.05) is 38.3 Å². The SMILES string of the molecule is NN=Cc1cccc(N(N)C(=O)C(=O)CN2CCN(Cc3ccccc3)CC2)c1O. The van der Waals surface area contributed by atoms with Crippen LogP contribution in [0, 0.1) is 0 Å². The first-order valence-electron chi connectivity index (χ1n) is 9.65. The Morgan fingerprint density at radius 3 is 2.37 bits per heavy atom. The summed E-state index contributed by atoms with van der Waals surface area (Å²) in [4.78, 5) is 29.2. The van der Waals surface area contributed by atoms with Gasteiger partial charge in [0.15, 0.2) is 0 Å². The number of nitrogens with zero attached hydrogens (tertiary/aromatic N) is 4. The molecule has 2 aromatic carbocycles. The first kappa shape index (κ1) is 21.4. The minimum Gasteiger partial charge on any atom is -0.505 e. The molecule has 0 aliphatic carbocycles. The van der Waals surface area contributed by atoms with Gasteiger partial charge in [0.1, 0.15) is 11.4 Å². The molecule has 0 atom stereocenters. The Morgan fingerprint density at radius 2 is 1.70 bits per heavy atom. The third-order valence-corrected chi connectivity index (χ3v) is 5.06. The van der Waals surface area contributed by atoms with Crippen LogP contribution in [-0.4, -0.2) is 65.5 Å². The van der Waals surface area contributed by atoms with E-state index in [0.29, 0.717) is 23.7 Å². The van der Waals surface area contributed by atoms with E-state index in [0.717, 1.165) is 19.6 Å². The quantitative estimate of drug-likeness (QED) is 0.197. The number of aromatic hydroxyl groups is 1. The van der Waals surface area contributed by atoms with Crippen LogP contribution in [0.5, 0.6) is 5.75 Å². The number of phenolic OH excluding ortho intramolecular Hbond substituents is 1. The lowest BCUT2D eigenvalue weighted by Crippen LogP contribution is -2.51. The molecule has 1 aliphatic heterocycles. The van der Waals surface area contributed by atoms with Crippen molar-refractivity contribution in [2.24, 2.45) is 16.8 Å². The second-order valence-electron chi connectivity index (χ2n) is 7.13. The van der Waals surface area contributed by atoms with Crippen molar-refractivity contribution in [3.8, 4) is 5.75 Å². The lowest BCUT2D eigenvalue weighted by Gasteiger charge is -2.34. The van der Waals surface area contributed by atoms with Crippen LogP contribution in [0.1, 0.15) is 11.1 Å². The van der Waals surface area contributed by atoms with Crippen LogP contribution in [0.2, 0.25) is 0 Å². The minimum absolute atomic E-state index is 0.0124. The van der Waals surface area contributed by atoms with Crippen LogP contribution >= 0.6 is 0 Å². The lowest BCUT2D eigenvalue weighted by atomic mass is 10.1. The molecular formula is C21H26N6O3. The van der Waals surface area contributed by atoms with Gasteiger partial charge < -0.3 is 10.9 Å². The van der Waals surface area contributed by atoms with Crippen LogP contribution in [0.4, 0.5) is 5.69 Å². The van der Waals surface area contributed by atoms with E-state index in [9.17, 15) is 14.7 Å². The topological polar surface area (TPSA) is 128 Å². The van der Waals surface area contributed by atoms with Crippen molar-refractivity contribution < 1.29 is 14.7 Å². The highest BCUT2D eigenvalue weighted by Gasteiger charge is 2.27. The van der Waals surface area contributed by atoms with E-state index in [4.69, 9.17) is 11.7 Å². The number of amides is 1. The van der Waals surface area contributed by atoms with Gasteiger partial charge in [-0.1, -0.05) is 36.4 Å². The number of piperazine rings is 1. The Morgan fingerprint density at radius 1 is 1.03 bits per heavy atom. The van der Waals surface area contributed by atoms with Crippen LogP contribution < -0.4 is 16.7 Å². The summed E-state index contributed by atoms with van der Waals surface area (Å²) in [7, 11) is 0. The zero-order chi connectivity index (χ0) is 21.5. The molecule has 0 spiro atoms. The molecule has 1 aliphatic rings. The summed E-state index contributed by atoms with van der Waals surface area (Å²) in [5.41, 5.74) is 1.55. The number of hydrazine groups is 1. The van der Waals surface area contributed by atoms with Crippen molar-refractivity contribution in [2.75, 3.05) is 37.7 Å². The third kappa shape index (κ3) is 5.20. The normalized spacial score (nSPS) is 15.4. The van der Waals surface area contributed by atoms with Gasteiger partial charge in [0.25, 0.3) is 0 Å². The molecule has 158 valence electrons. The average molecular weight is 410 g/mol. The maximum Gasteiger partial charge on any atom is 0.310 e. The lowest BCUT2D eigenvalue weighted by molar-refractivity contribution is -0.137. The van der Waals surface area contributed by atoms with E-state index < -0.39 is 11.7 Å². The Balaban J connectivity index is 1.54. The molecule has 1 saturated heterocycles. The molecule has 0 unspecified atom stereocenters. The zero-order valence-corrected chi connectivity index (χ0v) is 16.6. The highest BCUT2D eigenvalue weighted by molar-refractivity contribution is 6.41. The summed E-state index contributed by atoms with van der Waals surface area (Å²) >= 11 is 0. The number of carbonyl (C=O) groups excluding carboxylic acids is 2. The maximum absolute atomic E-state index is 12.5. The monoisotopic (exact) mass is 410 g/mol. The van der Waals surface area contributed by atoms with Crippen LogP contribution in [-0.2, 0) is 16.1 Å². The number of ketones is 1. The number of Topliss-reactive ketones (excluding diaryl/α,β-unsaturated/α-hetero) is 1. The first-order chi connectivity index (χ1) is 14.5. The minimum atomic E-state index is -0.890. The van der Waals surface area contributed by atoms with Gasteiger partial charge in [0.2, 0.25) is 5.78 Å². The number of hydrogen-bond acceptors (Lipinski definition) is 8. The number of nitrogens with two attached hydrogens (primary N) is 2. The summed E-state index contributed by atoms with van der Waals surface area (Å²) in [6, 6.07) is 14.8. The van der Waals surface area contributed by atoms with Gasteiger partial charge in [0.05, 0.1) is 12.8 Å². The van der Waals surface area contributed by atoms with E-state index in [1.165, 1.54) is 17.8 Å². The molecule has 0 saturated carbocycles. The molecule has 1 amide bonds. The predicted octanol–water partition coefficient (Wildman–Crippen LogP) is 0.278. The molecule has 0 radical (unpaired) electrons. The average Bonchev–Trinajstić information content (AvgIpc) is 2.76. The maximum atomic E-state index is 12.5. The number of hydrogen-bond donors (Lipinski definition) is 3. The number of rotatable bonds is 7. The molecule has 5 N–H and O–H groups in total. The van der Waals surface area contributed by atoms with Gasteiger partial charge >= 0.3 is 5.91 Å². The molecule has 9 heteroatoms. The summed E-state index contributed by atoms with van der Waals surface area (Å²) in [5, 5.41) is 14.3. The highest BCUT2D eigenvalue weighted by Crippen LogP contribution is 2.28. The smallest absolute Gasteiger partial charge is 0.310 e. The predicted molar refractivity (Wildman–Crippen MR) is 115 cm³/mol. The second kappa shape index (κ2) is 9.97. The first-order valence-corrected chi connectivity index (χ1v) is 9.65. The number of carbonyl (C=O) groups is 2. The fraction of sp³-hybridized carbons (Fsp3) is 0.286. The van der Waals surface area contributed by atoms with Gasteiger partial charge in [-0.2, -0.15) is 5.10 Å². The van der Waals surface area contributed by atoms with Gasteiger partial charge in [-0.25, -0.2) is 10.9 Å². The Kier molecular flexibility index (Phi) is 7.12. The van der Waals surface area contributed by atoms with Crippen molar-refractivity contribution in [1.29, 1.82) is 0 Å². The van der Waals surface area contributed by atoms with E-state index in [2.05, 4.69) is 22.1 Å². The van der Waals surface area contributed by atoms with Gasteiger partial charge in [-0.15, -0.1) is 0 Å². The number of hydrazone groups is 1. The van der Waals surface area contributed by atoms with Crippen LogP contribution in [0.15, 0.2) is 53.6 Å². The summed E-state index contributed by atoms with van der Waals surface area (Å²) in [5.74, 6) is 9.13. The van der Waals surface area contributed by atoms with Crippen molar-refractivity contribution in [3.05, 3.63) is 59.7 Å². The van der Waals surface area contributed by atoms with E-state index in [1.807, 2.05) is 23.1 Å². The Hall–Kier alpha value is -3.27. The number of phenols is 1. The van der Waals surface area contributed by atoms with Crippen molar-refractivity contribution >= 4 is 23.6 Å². The fourth-order valence-corrected chi connectivity index (χ4v) is 3.39. The van der Waals surface area contributed by atoms with Crippen LogP contribution in [0.25, 0.3) is 0 Å². The molecule has 2 aromatic rings. The van der Waals surface area contributed by atoms with E-state index in [1.54, 1.807) is 12.1 Å². The molecule has 1 heterocycles. The largest absolute Gasteiger partial charge is 0.505 e. The highest BCUT2D eigenvalue weighted by atomic mass is 16.3. The van der Waals surface area contributed by atoms with Crippen LogP contribution in [0.3, 0.4) is 0 Å². The third-order valence-electron chi connectivity index (χ3n) is 5.06. The molecule has 0 bridgehead atoms. The van der Waals surface area contributed by atoms with Crippen molar-refractivity contribution in [2.45, 2.75) is 6.54 Å². The summed E-state index contributed by atoms with van der Waals surface area (Å²) in [6.07, 6.45) is 1.23. The van der Waals surface area contributed by atoms with Gasteiger partial charge in [-0.3, -0.25) is 19.4 Å². The Bertz CT molecular complexity index is 910. The molecule has 9 nitrogen and oxygen atoms in total. The molecule has 0 aromatic heterocycles. The number of benzene rings is 2. The van der Waals surface area contributed by atoms with E-state index in [-0.39, 0.29) is 18.0 Å². The fourth-order valence-electron chi connectivity index (χ4n) is 3.39. The number of para-hydroxylation sites is 1. The molecule has 1 fully saturated rings.